The number of amides is 1. The van der Waals surface area contributed by atoms with Gasteiger partial charge in [-0.25, -0.2) is 4.98 Å². The molecule has 0 bridgehead atoms. The van der Waals surface area contributed by atoms with Crippen molar-refractivity contribution in [2.24, 2.45) is 0 Å². The minimum absolute atomic E-state index is 0.230. The van der Waals surface area contributed by atoms with Crippen molar-refractivity contribution in [2.75, 3.05) is 5.32 Å². The molecule has 3 rings (SSSR count). The largest absolute Gasteiger partial charge is 0.319 e. The fourth-order valence-electron chi connectivity index (χ4n) is 2.13. The molecule has 106 valence electrons. The molecule has 2 aromatic heterocycles. The summed E-state index contributed by atoms with van der Waals surface area (Å²) in [6.07, 6.45) is 3.40. The van der Waals surface area contributed by atoms with Gasteiger partial charge in [-0.05, 0) is 19.1 Å². The van der Waals surface area contributed by atoms with Crippen molar-refractivity contribution in [3.8, 4) is 0 Å². The van der Waals surface area contributed by atoms with Gasteiger partial charge >= 0.3 is 0 Å². The number of halogens is 1. The monoisotopic (exact) mass is 300 g/mol. The molecule has 0 aliphatic heterocycles. The Labute approximate surface area is 126 Å². The van der Waals surface area contributed by atoms with Gasteiger partial charge < -0.3 is 5.32 Å². The Morgan fingerprint density at radius 2 is 2.19 bits per heavy atom. The molecule has 0 unspecified atom stereocenters. The zero-order valence-corrected chi connectivity index (χ0v) is 12.1. The molecule has 1 amide bonds. The van der Waals surface area contributed by atoms with E-state index in [-0.39, 0.29) is 5.91 Å². The Kier molecular flexibility index (Phi) is 3.58. The van der Waals surface area contributed by atoms with Crippen LogP contribution in [-0.4, -0.2) is 20.7 Å². The molecule has 1 N–H and O–H groups in total. The van der Waals surface area contributed by atoms with Crippen LogP contribution < -0.4 is 5.32 Å². The molecule has 0 saturated heterocycles. The van der Waals surface area contributed by atoms with Crippen LogP contribution in [0.2, 0.25) is 5.15 Å². The number of anilines is 1. The lowest BCUT2D eigenvalue weighted by molar-refractivity contribution is 0.102. The highest BCUT2D eigenvalue weighted by Crippen LogP contribution is 2.21. The van der Waals surface area contributed by atoms with E-state index in [1.807, 2.05) is 31.2 Å². The number of hydrogen-bond donors (Lipinski definition) is 1. The first-order chi connectivity index (χ1) is 10.2. The highest BCUT2D eigenvalue weighted by Gasteiger charge is 2.13. The van der Waals surface area contributed by atoms with Gasteiger partial charge in [0.25, 0.3) is 5.91 Å². The summed E-state index contributed by atoms with van der Waals surface area (Å²) in [6.45, 7) is 2.73. The van der Waals surface area contributed by atoms with Gasteiger partial charge in [-0.15, -0.1) is 0 Å². The zero-order chi connectivity index (χ0) is 14.8. The van der Waals surface area contributed by atoms with E-state index in [1.54, 1.807) is 23.1 Å². The van der Waals surface area contributed by atoms with Crippen molar-refractivity contribution in [3.63, 3.8) is 0 Å². The maximum Gasteiger partial charge on any atom is 0.256 e. The minimum atomic E-state index is -0.230. The van der Waals surface area contributed by atoms with Crippen LogP contribution in [0.25, 0.3) is 10.9 Å². The van der Waals surface area contributed by atoms with E-state index in [9.17, 15) is 4.79 Å². The zero-order valence-electron chi connectivity index (χ0n) is 11.4. The van der Waals surface area contributed by atoms with Crippen LogP contribution in [0.15, 0.2) is 42.7 Å². The number of hydrogen-bond acceptors (Lipinski definition) is 3. The molecule has 0 fully saturated rings. The molecule has 0 aliphatic carbocycles. The van der Waals surface area contributed by atoms with Crippen molar-refractivity contribution in [1.29, 1.82) is 0 Å². The van der Waals surface area contributed by atoms with Crippen molar-refractivity contribution < 1.29 is 4.79 Å². The molecule has 2 heterocycles. The molecular formula is C15H13ClN4O. The van der Waals surface area contributed by atoms with Crippen LogP contribution in [-0.2, 0) is 6.54 Å². The molecule has 1 aromatic carbocycles. The number of pyridine rings is 1. The number of nitrogens with one attached hydrogen (secondary N) is 1. The van der Waals surface area contributed by atoms with Crippen LogP contribution in [0.1, 0.15) is 17.3 Å². The second kappa shape index (κ2) is 5.54. The highest BCUT2D eigenvalue weighted by atomic mass is 35.5. The number of nitrogens with zero attached hydrogens (tertiary/aromatic N) is 3. The number of carbonyl (C=O) groups excluding carboxylic acids is 1. The van der Waals surface area contributed by atoms with Crippen LogP contribution in [0.4, 0.5) is 5.69 Å². The number of benzene rings is 1. The van der Waals surface area contributed by atoms with Crippen LogP contribution >= 0.6 is 11.6 Å². The lowest BCUT2D eigenvalue weighted by Crippen LogP contribution is -2.12. The summed E-state index contributed by atoms with van der Waals surface area (Å²) in [6, 6.07) is 8.97. The van der Waals surface area contributed by atoms with Gasteiger partial charge in [-0.1, -0.05) is 29.8 Å². The Balaban J connectivity index is 1.97. The molecule has 0 saturated carbocycles. The lowest BCUT2D eigenvalue weighted by atomic mass is 10.1. The van der Waals surface area contributed by atoms with Gasteiger partial charge in [0.2, 0.25) is 0 Å². The van der Waals surface area contributed by atoms with Crippen molar-refractivity contribution in [2.45, 2.75) is 13.5 Å². The van der Waals surface area contributed by atoms with Gasteiger partial charge in [0, 0.05) is 18.1 Å². The Morgan fingerprint density at radius 3 is 2.95 bits per heavy atom. The highest BCUT2D eigenvalue weighted by molar-refractivity contribution is 6.30. The Bertz CT molecular complexity index is 812. The predicted octanol–water partition coefficient (Wildman–Crippen LogP) is 3.36. The first-order valence-electron chi connectivity index (χ1n) is 6.56. The number of para-hydroxylation sites is 1. The summed E-state index contributed by atoms with van der Waals surface area (Å²) in [7, 11) is 0. The molecular weight excluding hydrogens is 288 g/mol. The summed E-state index contributed by atoms with van der Waals surface area (Å²) >= 11 is 5.99. The summed E-state index contributed by atoms with van der Waals surface area (Å²) in [5.74, 6) is -0.230. The maximum atomic E-state index is 12.4. The second-order valence-electron chi connectivity index (χ2n) is 4.55. The summed E-state index contributed by atoms with van der Waals surface area (Å²) in [5.41, 5.74) is 1.84. The van der Waals surface area contributed by atoms with E-state index in [1.165, 1.54) is 0 Å². The molecule has 6 heteroatoms. The average molecular weight is 301 g/mol. The summed E-state index contributed by atoms with van der Waals surface area (Å²) in [4.78, 5) is 16.7. The first kappa shape index (κ1) is 13.6. The number of rotatable bonds is 3. The molecule has 5 nitrogen and oxygen atoms in total. The summed E-state index contributed by atoms with van der Waals surface area (Å²) in [5, 5.41) is 8.01. The minimum Gasteiger partial charge on any atom is -0.319 e. The molecule has 0 spiro atoms. The maximum absolute atomic E-state index is 12.4. The van der Waals surface area contributed by atoms with Gasteiger partial charge in [-0.3, -0.25) is 9.48 Å². The van der Waals surface area contributed by atoms with E-state index in [4.69, 9.17) is 11.6 Å². The number of aromatic nitrogens is 3. The molecule has 0 aliphatic rings. The third-order valence-electron chi connectivity index (χ3n) is 3.14. The average Bonchev–Trinajstić information content (AvgIpc) is 2.94. The number of aryl methyl sites for hydroxylation is 1. The third kappa shape index (κ3) is 2.73. The molecule has 0 radical (unpaired) electrons. The molecule has 3 aromatic rings. The number of fused-ring (bicyclic) bond motifs is 1. The van der Waals surface area contributed by atoms with Crippen LogP contribution in [0.5, 0.6) is 0 Å². The van der Waals surface area contributed by atoms with Crippen molar-refractivity contribution in [1.82, 2.24) is 14.8 Å². The SMILES string of the molecule is CCn1cc(NC(=O)c2cc(Cl)nc3ccccc23)cn1. The fraction of sp³-hybridized carbons (Fsp3) is 0.133. The third-order valence-corrected chi connectivity index (χ3v) is 3.34. The van der Waals surface area contributed by atoms with Gasteiger partial charge in [0.05, 0.1) is 23.0 Å². The van der Waals surface area contributed by atoms with Crippen LogP contribution in [0.3, 0.4) is 0 Å². The van der Waals surface area contributed by atoms with Crippen LogP contribution in [0, 0.1) is 0 Å². The van der Waals surface area contributed by atoms with E-state index in [2.05, 4.69) is 15.4 Å². The second-order valence-corrected chi connectivity index (χ2v) is 4.94. The van der Waals surface area contributed by atoms with Gasteiger partial charge in [0.15, 0.2) is 0 Å². The number of carbonyl (C=O) groups is 1. The van der Waals surface area contributed by atoms with E-state index < -0.39 is 0 Å². The summed E-state index contributed by atoms with van der Waals surface area (Å²) < 4.78 is 1.74. The molecule has 0 atom stereocenters. The van der Waals surface area contributed by atoms with Crippen molar-refractivity contribution >= 4 is 34.1 Å². The Morgan fingerprint density at radius 1 is 1.38 bits per heavy atom. The van der Waals surface area contributed by atoms with Crippen molar-refractivity contribution in [3.05, 3.63) is 53.4 Å². The van der Waals surface area contributed by atoms with Gasteiger partial charge in [0.1, 0.15) is 5.15 Å². The fourth-order valence-corrected chi connectivity index (χ4v) is 2.33. The van der Waals surface area contributed by atoms with Gasteiger partial charge in [-0.2, -0.15) is 5.10 Å². The van der Waals surface area contributed by atoms with E-state index >= 15 is 0 Å². The topological polar surface area (TPSA) is 59.8 Å². The van der Waals surface area contributed by atoms with E-state index in [0.717, 1.165) is 11.9 Å². The smallest absolute Gasteiger partial charge is 0.256 e. The molecule has 21 heavy (non-hydrogen) atoms. The van der Waals surface area contributed by atoms with E-state index in [0.29, 0.717) is 21.9 Å². The normalized spacial score (nSPS) is 10.8. The quantitative estimate of drug-likeness (QED) is 0.755. The lowest BCUT2D eigenvalue weighted by Gasteiger charge is -2.07. The Hall–Kier alpha value is -2.40. The standard InChI is InChI=1S/C15H13ClN4O/c1-2-20-9-10(8-17-20)18-15(21)12-7-14(16)19-13-6-4-3-5-11(12)13/h3-9H,2H2,1H3,(H,18,21). The predicted molar refractivity (Wildman–Crippen MR) is 82.6 cm³/mol. The first-order valence-corrected chi connectivity index (χ1v) is 6.94.